The normalized spacial score (nSPS) is 18.6. The molecule has 0 saturated carbocycles. The van der Waals surface area contributed by atoms with Gasteiger partial charge < -0.3 is 20.9 Å². The van der Waals surface area contributed by atoms with Gasteiger partial charge in [0.15, 0.2) is 0 Å². The quantitative estimate of drug-likeness (QED) is 0.377. The monoisotopic (exact) mass is 515 g/mol. The summed E-state index contributed by atoms with van der Waals surface area (Å²) < 4.78 is 28.8. The van der Waals surface area contributed by atoms with E-state index in [4.69, 9.17) is 0 Å². The van der Waals surface area contributed by atoms with Gasteiger partial charge in [0, 0.05) is 43.6 Å². The summed E-state index contributed by atoms with van der Waals surface area (Å²) in [6.45, 7) is 7.81. The smallest absolute Gasteiger partial charge is 0.243 e. The molecule has 0 atom stereocenters. The fourth-order valence-electron chi connectivity index (χ4n) is 5.57. The van der Waals surface area contributed by atoms with Crippen LogP contribution in [0, 0.1) is 11.8 Å². The largest absolute Gasteiger partial charge is 0.377 e. The summed E-state index contributed by atoms with van der Waals surface area (Å²) in [6, 6.07) is 11.5. The van der Waals surface area contributed by atoms with Gasteiger partial charge in [-0.2, -0.15) is 4.31 Å². The highest BCUT2D eigenvalue weighted by Gasteiger charge is 2.30. The van der Waals surface area contributed by atoms with Crippen molar-refractivity contribution in [3.05, 3.63) is 36.4 Å². The molecule has 4 rings (SSSR count). The zero-order valence-electron chi connectivity index (χ0n) is 22.1. The van der Waals surface area contributed by atoms with E-state index >= 15 is 0 Å². The van der Waals surface area contributed by atoms with E-state index in [-0.39, 0.29) is 0 Å². The number of piperidine rings is 2. The van der Waals surface area contributed by atoms with E-state index in [1.165, 1.54) is 38.8 Å². The van der Waals surface area contributed by atoms with Crippen molar-refractivity contribution in [2.45, 2.75) is 43.4 Å². The molecule has 8 heteroatoms. The number of rotatable bonds is 12. The predicted molar refractivity (Wildman–Crippen MR) is 150 cm³/mol. The maximum Gasteiger partial charge on any atom is 0.243 e. The van der Waals surface area contributed by atoms with Gasteiger partial charge in [-0.25, -0.2) is 8.42 Å². The molecule has 0 amide bonds. The number of fused-ring (bicyclic) bond motifs is 1. The number of nitrogens with one attached hydrogen (secondary N) is 3. The lowest BCUT2D eigenvalue weighted by Gasteiger charge is -2.31. The molecular formula is C28H45N5O2S. The van der Waals surface area contributed by atoms with Crippen LogP contribution in [0.4, 0.5) is 5.69 Å². The Morgan fingerprint density at radius 3 is 2.08 bits per heavy atom. The van der Waals surface area contributed by atoms with E-state index in [0.717, 1.165) is 61.4 Å². The lowest BCUT2D eigenvalue weighted by atomic mass is 9.98. The van der Waals surface area contributed by atoms with Gasteiger partial charge >= 0.3 is 0 Å². The van der Waals surface area contributed by atoms with E-state index in [1.807, 2.05) is 49.3 Å². The van der Waals surface area contributed by atoms with E-state index in [9.17, 15) is 8.42 Å². The molecule has 0 spiro atoms. The number of hydrogen-bond donors (Lipinski definition) is 3. The second-order valence-corrected chi connectivity index (χ2v) is 12.6. The van der Waals surface area contributed by atoms with Crippen LogP contribution in [-0.4, -0.2) is 79.2 Å². The van der Waals surface area contributed by atoms with Crippen LogP contribution in [0.15, 0.2) is 41.3 Å². The van der Waals surface area contributed by atoms with Crippen LogP contribution < -0.4 is 20.9 Å². The number of anilines is 1. The van der Waals surface area contributed by atoms with Gasteiger partial charge in [-0.1, -0.05) is 24.3 Å². The molecule has 2 heterocycles. The topological polar surface area (TPSA) is 76.7 Å². The van der Waals surface area contributed by atoms with Gasteiger partial charge in [0.1, 0.15) is 0 Å². The van der Waals surface area contributed by atoms with E-state index in [1.54, 1.807) is 10.4 Å². The third-order valence-electron chi connectivity index (χ3n) is 7.81. The minimum absolute atomic E-state index is 0.425. The zero-order chi connectivity index (χ0) is 25.4. The third-order valence-corrected chi connectivity index (χ3v) is 9.77. The molecule has 2 aliphatic rings. The van der Waals surface area contributed by atoms with E-state index in [2.05, 4.69) is 16.0 Å². The first-order valence-electron chi connectivity index (χ1n) is 13.8. The van der Waals surface area contributed by atoms with Crippen molar-refractivity contribution in [3.8, 4) is 0 Å². The highest BCUT2D eigenvalue weighted by molar-refractivity contribution is 7.89. The molecule has 0 aliphatic carbocycles. The minimum atomic E-state index is -3.52. The number of hydrogen-bond acceptors (Lipinski definition) is 6. The maximum absolute atomic E-state index is 13.6. The van der Waals surface area contributed by atoms with Crippen molar-refractivity contribution in [1.82, 2.24) is 20.3 Å². The molecule has 0 unspecified atom stereocenters. The van der Waals surface area contributed by atoms with Gasteiger partial charge in [0.05, 0.1) is 4.90 Å². The SMILES string of the molecule is CN(C)c1cccc2c(S(=O)(=O)N3CCC(CNCCCCNCC4CCNCC4)CC3)cccc12. The predicted octanol–water partition coefficient (Wildman–Crippen LogP) is 3.27. The van der Waals surface area contributed by atoms with Crippen molar-refractivity contribution < 1.29 is 8.42 Å². The van der Waals surface area contributed by atoms with Gasteiger partial charge in [-0.3, -0.25) is 0 Å². The van der Waals surface area contributed by atoms with Gasteiger partial charge in [-0.05, 0) is 102 Å². The van der Waals surface area contributed by atoms with Crippen LogP contribution in [0.25, 0.3) is 10.8 Å². The minimum Gasteiger partial charge on any atom is -0.377 e. The van der Waals surface area contributed by atoms with E-state index in [0.29, 0.717) is 23.9 Å². The molecule has 2 saturated heterocycles. The summed E-state index contributed by atoms with van der Waals surface area (Å²) in [6.07, 6.45) is 6.81. The molecule has 3 N–H and O–H groups in total. The summed E-state index contributed by atoms with van der Waals surface area (Å²) in [4.78, 5) is 2.46. The first kappa shape index (κ1) is 27.3. The zero-order valence-corrected chi connectivity index (χ0v) is 23.0. The second kappa shape index (κ2) is 13.2. The molecule has 0 aromatic heterocycles. The number of benzene rings is 2. The highest BCUT2D eigenvalue weighted by Crippen LogP contribution is 2.33. The van der Waals surface area contributed by atoms with Gasteiger partial charge in [-0.15, -0.1) is 0 Å². The van der Waals surface area contributed by atoms with Crippen LogP contribution in [0.2, 0.25) is 0 Å². The van der Waals surface area contributed by atoms with Gasteiger partial charge in [0.25, 0.3) is 0 Å². The molecule has 2 aromatic carbocycles. The molecular weight excluding hydrogens is 470 g/mol. The summed E-state index contributed by atoms with van der Waals surface area (Å²) in [7, 11) is 0.459. The molecule has 2 fully saturated rings. The summed E-state index contributed by atoms with van der Waals surface area (Å²) >= 11 is 0. The fourth-order valence-corrected chi connectivity index (χ4v) is 7.25. The lowest BCUT2D eigenvalue weighted by Crippen LogP contribution is -2.40. The Balaban J connectivity index is 1.18. The standard InChI is InChI=1S/C28H45N5O2S/c1-32(2)27-9-5-8-26-25(27)7-6-10-28(26)36(34,35)33-19-13-24(14-20-33)22-31-16-4-3-15-30-21-23-11-17-29-18-12-23/h5-10,23-24,29-31H,3-4,11-22H2,1-2H3. The Labute approximate surface area is 218 Å². The van der Waals surface area contributed by atoms with E-state index < -0.39 is 10.0 Å². The van der Waals surface area contributed by atoms with Crippen molar-refractivity contribution >= 4 is 26.5 Å². The Kier molecular flexibility index (Phi) is 10.0. The average molecular weight is 516 g/mol. The second-order valence-electron chi connectivity index (χ2n) is 10.7. The first-order valence-corrected chi connectivity index (χ1v) is 15.2. The molecule has 2 aromatic rings. The molecule has 36 heavy (non-hydrogen) atoms. The van der Waals surface area contributed by atoms with Crippen molar-refractivity contribution in [3.63, 3.8) is 0 Å². The Morgan fingerprint density at radius 2 is 1.44 bits per heavy atom. The molecule has 0 radical (unpaired) electrons. The Bertz CT molecular complexity index is 1060. The van der Waals surface area contributed by atoms with Crippen molar-refractivity contribution in [2.24, 2.45) is 11.8 Å². The van der Waals surface area contributed by atoms with Crippen LogP contribution >= 0.6 is 0 Å². The Morgan fingerprint density at radius 1 is 0.861 bits per heavy atom. The van der Waals surface area contributed by atoms with Crippen molar-refractivity contribution in [1.29, 1.82) is 0 Å². The lowest BCUT2D eigenvalue weighted by molar-refractivity contribution is 0.267. The number of unbranched alkanes of at least 4 members (excludes halogenated alkanes) is 1. The first-order chi connectivity index (χ1) is 17.5. The van der Waals surface area contributed by atoms with Gasteiger partial charge in [0.2, 0.25) is 10.0 Å². The third kappa shape index (κ3) is 6.98. The van der Waals surface area contributed by atoms with Crippen LogP contribution in [0.5, 0.6) is 0 Å². The summed E-state index contributed by atoms with van der Waals surface area (Å²) in [5.74, 6) is 1.39. The number of sulfonamides is 1. The van der Waals surface area contributed by atoms with Crippen LogP contribution in [-0.2, 0) is 10.0 Å². The number of nitrogens with zero attached hydrogens (tertiary/aromatic N) is 2. The maximum atomic E-state index is 13.6. The van der Waals surface area contributed by atoms with Crippen LogP contribution in [0.3, 0.4) is 0 Å². The summed E-state index contributed by atoms with van der Waals surface area (Å²) in [5, 5.41) is 12.4. The summed E-state index contributed by atoms with van der Waals surface area (Å²) in [5.41, 5.74) is 1.03. The molecule has 200 valence electrons. The van der Waals surface area contributed by atoms with Crippen molar-refractivity contribution in [2.75, 3.05) is 71.4 Å². The van der Waals surface area contributed by atoms with Crippen LogP contribution in [0.1, 0.15) is 38.5 Å². The average Bonchev–Trinajstić information content (AvgIpc) is 2.90. The Hall–Kier alpha value is -1.71. The molecule has 0 bridgehead atoms. The molecule has 7 nitrogen and oxygen atoms in total. The fraction of sp³-hybridized carbons (Fsp3) is 0.643. The highest BCUT2D eigenvalue weighted by atomic mass is 32.2. The molecule has 2 aliphatic heterocycles.